The molecule has 2 aromatic carbocycles. The van der Waals surface area contributed by atoms with E-state index in [4.69, 9.17) is 16.3 Å². The Hall–Kier alpha value is -2.07. The molecule has 0 bridgehead atoms. The van der Waals surface area contributed by atoms with E-state index in [9.17, 15) is 10.1 Å². The van der Waals surface area contributed by atoms with Crippen LogP contribution in [0, 0.1) is 10.1 Å². The number of ether oxygens (including phenoxy) is 1. The number of alkyl halides is 1. The Kier molecular flexibility index (Phi) is 4.58. The summed E-state index contributed by atoms with van der Waals surface area (Å²) in [5.41, 5.74) is 1.88. The molecular formula is C15H14ClNO3. The predicted octanol–water partition coefficient (Wildman–Crippen LogP) is 4.13. The molecule has 20 heavy (non-hydrogen) atoms. The molecule has 2 rings (SSSR count). The SMILES string of the molecule is COc1cc(CC(Cl)c2ccccc2)ccc1[N+](=O)[O-]. The highest BCUT2D eigenvalue weighted by Crippen LogP contribution is 2.31. The number of hydrogen-bond donors (Lipinski definition) is 0. The van der Waals surface area contributed by atoms with Crippen LogP contribution in [-0.4, -0.2) is 12.0 Å². The lowest BCUT2D eigenvalue weighted by molar-refractivity contribution is -0.385. The van der Waals surface area contributed by atoms with E-state index in [1.54, 1.807) is 12.1 Å². The molecule has 1 unspecified atom stereocenters. The Morgan fingerprint density at radius 3 is 2.55 bits per heavy atom. The molecule has 0 N–H and O–H groups in total. The van der Waals surface area contributed by atoms with Crippen molar-refractivity contribution in [2.75, 3.05) is 7.11 Å². The zero-order valence-corrected chi connectivity index (χ0v) is 11.7. The summed E-state index contributed by atoms with van der Waals surface area (Å²) in [7, 11) is 1.42. The monoisotopic (exact) mass is 291 g/mol. The Balaban J connectivity index is 2.20. The topological polar surface area (TPSA) is 52.4 Å². The van der Waals surface area contributed by atoms with Crippen molar-refractivity contribution in [2.45, 2.75) is 11.8 Å². The molecule has 0 amide bonds. The van der Waals surface area contributed by atoms with Crippen LogP contribution in [0.4, 0.5) is 5.69 Å². The fourth-order valence-electron chi connectivity index (χ4n) is 1.99. The third kappa shape index (κ3) is 3.27. The van der Waals surface area contributed by atoms with Crippen molar-refractivity contribution in [3.05, 3.63) is 69.8 Å². The van der Waals surface area contributed by atoms with Gasteiger partial charge in [0.2, 0.25) is 0 Å². The van der Waals surface area contributed by atoms with E-state index >= 15 is 0 Å². The maximum absolute atomic E-state index is 10.8. The highest BCUT2D eigenvalue weighted by molar-refractivity contribution is 6.20. The first-order valence-corrected chi connectivity index (χ1v) is 6.55. The van der Waals surface area contributed by atoms with Crippen molar-refractivity contribution in [3.8, 4) is 5.75 Å². The third-order valence-electron chi connectivity index (χ3n) is 3.02. The van der Waals surface area contributed by atoms with Crippen LogP contribution in [0.3, 0.4) is 0 Å². The van der Waals surface area contributed by atoms with E-state index in [-0.39, 0.29) is 16.8 Å². The molecule has 0 saturated carbocycles. The lowest BCUT2D eigenvalue weighted by Crippen LogP contribution is -1.98. The van der Waals surface area contributed by atoms with Gasteiger partial charge < -0.3 is 4.74 Å². The van der Waals surface area contributed by atoms with Gasteiger partial charge in [-0.1, -0.05) is 36.4 Å². The molecule has 0 aliphatic carbocycles. The van der Waals surface area contributed by atoms with Gasteiger partial charge in [-0.2, -0.15) is 0 Å². The number of nitro groups is 1. The average molecular weight is 292 g/mol. The predicted molar refractivity (Wildman–Crippen MR) is 78.4 cm³/mol. The van der Waals surface area contributed by atoms with Crippen molar-refractivity contribution < 1.29 is 9.66 Å². The molecule has 0 fully saturated rings. The van der Waals surface area contributed by atoms with Gasteiger partial charge >= 0.3 is 5.69 Å². The fraction of sp³-hybridized carbons (Fsp3) is 0.200. The van der Waals surface area contributed by atoms with Crippen LogP contribution in [0.15, 0.2) is 48.5 Å². The summed E-state index contributed by atoms with van der Waals surface area (Å²) >= 11 is 6.36. The molecule has 0 heterocycles. The van der Waals surface area contributed by atoms with Crippen LogP contribution >= 0.6 is 11.6 Å². The van der Waals surface area contributed by atoms with Crippen LogP contribution < -0.4 is 4.74 Å². The van der Waals surface area contributed by atoms with E-state index in [1.807, 2.05) is 30.3 Å². The van der Waals surface area contributed by atoms with E-state index in [2.05, 4.69) is 0 Å². The van der Waals surface area contributed by atoms with Gasteiger partial charge in [0.05, 0.1) is 17.4 Å². The van der Waals surface area contributed by atoms with Crippen LogP contribution in [0.1, 0.15) is 16.5 Å². The molecule has 2 aromatic rings. The van der Waals surface area contributed by atoms with Gasteiger partial charge in [-0.15, -0.1) is 11.6 Å². The van der Waals surface area contributed by atoms with Gasteiger partial charge in [0, 0.05) is 6.07 Å². The second kappa shape index (κ2) is 6.39. The summed E-state index contributed by atoms with van der Waals surface area (Å²) in [5, 5.41) is 10.7. The zero-order valence-electron chi connectivity index (χ0n) is 11.0. The normalized spacial score (nSPS) is 11.9. The van der Waals surface area contributed by atoms with Crippen LogP contribution in [0.2, 0.25) is 0 Å². The van der Waals surface area contributed by atoms with Crippen molar-refractivity contribution in [1.29, 1.82) is 0 Å². The molecule has 0 aliphatic rings. The second-order valence-electron chi connectivity index (χ2n) is 4.35. The summed E-state index contributed by atoms with van der Waals surface area (Å²) in [5.74, 6) is 0.254. The van der Waals surface area contributed by atoms with Crippen molar-refractivity contribution in [1.82, 2.24) is 0 Å². The van der Waals surface area contributed by atoms with Crippen molar-refractivity contribution in [3.63, 3.8) is 0 Å². The molecule has 0 radical (unpaired) electrons. The zero-order chi connectivity index (χ0) is 14.5. The van der Waals surface area contributed by atoms with Gasteiger partial charge in [0.1, 0.15) is 0 Å². The first-order valence-electron chi connectivity index (χ1n) is 6.12. The lowest BCUT2D eigenvalue weighted by Gasteiger charge is -2.11. The van der Waals surface area contributed by atoms with E-state index in [1.165, 1.54) is 13.2 Å². The maximum atomic E-state index is 10.8. The summed E-state index contributed by atoms with van der Waals surface area (Å²) in [6.45, 7) is 0. The fourth-order valence-corrected chi connectivity index (χ4v) is 2.31. The number of nitro benzene ring substituents is 1. The first kappa shape index (κ1) is 14.3. The van der Waals surface area contributed by atoms with E-state index in [0.29, 0.717) is 6.42 Å². The Morgan fingerprint density at radius 2 is 1.95 bits per heavy atom. The molecule has 0 saturated heterocycles. The largest absolute Gasteiger partial charge is 0.490 e. The minimum absolute atomic E-state index is 0.0397. The number of halogens is 1. The Morgan fingerprint density at radius 1 is 1.25 bits per heavy atom. The smallest absolute Gasteiger partial charge is 0.310 e. The Bertz CT molecular complexity index is 601. The second-order valence-corrected chi connectivity index (χ2v) is 4.87. The first-order chi connectivity index (χ1) is 9.61. The number of nitrogens with zero attached hydrogens (tertiary/aromatic N) is 1. The highest BCUT2D eigenvalue weighted by atomic mass is 35.5. The van der Waals surface area contributed by atoms with Crippen LogP contribution in [0.5, 0.6) is 5.75 Å². The van der Waals surface area contributed by atoms with E-state index < -0.39 is 4.92 Å². The van der Waals surface area contributed by atoms with Gasteiger partial charge in [-0.25, -0.2) is 0 Å². The molecular weight excluding hydrogens is 278 g/mol. The third-order valence-corrected chi connectivity index (χ3v) is 3.42. The summed E-state index contributed by atoms with van der Waals surface area (Å²) in [6.07, 6.45) is 0.583. The number of benzene rings is 2. The van der Waals surface area contributed by atoms with Gasteiger partial charge in [0.25, 0.3) is 0 Å². The van der Waals surface area contributed by atoms with Crippen molar-refractivity contribution in [2.24, 2.45) is 0 Å². The molecule has 5 heteroatoms. The maximum Gasteiger partial charge on any atom is 0.310 e. The Labute approximate surface area is 122 Å². The van der Waals surface area contributed by atoms with Crippen LogP contribution in [-0.2, 0) is 6.42 Å². The standard InChI is InChI=1S/C15H14ClNO3/c1-20-15-10-11(7-8-14(15)17(18)19)9-13(16)12-5-3-2-4-6-12/h2-8,10,13H,9H2,1H3. The molecule has 104 valence electrons. The quantitative estimate of drug-likeness (QED) is 0.473. The minimum atomic E-state index is -0.460. The molecule has 1 atom stereocenters. The van der Waals surface area contributed by atoms with Gasteiger partial charge in [-0.3, -0.25) is 10.1 Å². The average Bonchev–Trinajstić information content (AvgIpc) is 2.47. The number of rotatable bonds is 5. The highest BCUT2D eigenvalue weighted by Gasteiger charge is 2.16. The minimum Gasteiger partial charge on any atom is -0.490 e. The van der Waals surface area contributed by atoms with E-state index in [0.717, 1.165) is 11.1 Å². The summed E-state index contributed by atoms with van der Waals surface area (Å²) in [6, 6.07) is 14.5. The number of methoxy groups -OCH3 is 1. The summed E-state index contributed by atoms with van der Waals surface area (Å²) in [4.78, 5) is 10.4. The molecule has 0 spiro atoms. The van der Waals surface area contributed by atoms with Gasteiger partial charge in [-0.05, 0) is 23.6 Å². The molecule has 0 aromatic heterocycles. The van der Waals surface area contributed by atoms with Crippen LogP contribution in [0.25, 0.3) is 0 Å². The van der Waals surface area contributed by atoms with Crippen molar-refractivity contribution >= 4 is 17.3 Å². The number of hydrogen-bond acceptors (Lipinski definition) is 3. The van der Waals surface area contributed by atoms with Gasteiger partial charge in [0.15, 0.2) is 5.75 Å². The lowest BCUT2D eigenvalue weighted by atomic mass is 10.0. The summed E-state index contributed by atoms with van der Waals surface area (Å²) < 4.78 is 5.05. The molecule has 0 aliphatic heterocycles. The molecule has 4 nitrogen and oxygen atoms in total.